The molecule has 0 bridgehead atoms. The van der Waals surface area contributed by atoms with Gasteiger partial charge in [-0.15, -0.1) is 0 Å². The molecule has 5 heteroatoms. The van der Waals surface area contributed by atoms with Crippen LogP contribution in [0.5, 0.6) is 5.75 Å². The Hall–Kier alpha value is -3.34. The Labute approximate surface area is 183 Å². The first-order valence-electron chi connectivity index (χ1n) is 10.7. The van der Waals surface area contributed by atoms with Crippen LogP contribution < -0.4 is 15.1 Å². The maximum Gasteiger partial charge on any atom is 0.277 e. The summed E-state index contributed by atoms with van der Waals surface area (Å²) in [5, 5.41) is 6.18. The molecule has 1 aliphatic rings. The first-order valence-corrected chi connectivity index (χ1v) is 10.7. The normalized spacial score (nSPS) is 17.5. The molecule has 0 aromatic heterocycles. The lowest BCUT2D eigenvalue weighted by Crippen LogP contribution is -2.45. The van der Waals surface area contributed by atoms with Crippen molar-refractivity contribution < 1.29 is 9.53 Å². The second kappa shape index (κ2) is 8.42. The van der Waals surface area contributed by atoms with Gasteiger partial charge in [-0.05, 0) is 60.9 Å². The lowest BCUT2D eigenvalue weighted by Gasteiger charge is -2.45. The van der Waals surface area contributed by atoms with Gasteiger partial charge in [-0.1, -0.05) is 49.4 Å². The second-order valence-corrected chi connectivity index (χ2v) is 8.85. The van der Waals surface area contributed by atoms with Crippen LogP contribution in [0.25, 0.3) is 10.8 Å². The summed E-state index contributed by atoms with van der Waals surface area (Å²) in [5.74, 6) is 0.864. The number of carbonyl (C=O) groups is 1. The highest BCUT2D eigenvalue weighted by molar-refractivity contribution is 5.89. The molecule has 1 amide bonds. The Bertz CT molecular complexity index is 1130. The predicted octanol–water partition coefficient (Wildman–Crippen LogP) is 5.09. The van der Waals surface area contributed by atoms with E-state index in [0.717, 1.165) is 22.8 Å². The van der Waals surface area contributed by atoms with E-state index >= 15 is 0 Å². The van der Waals surface area contributed by atoms with Crippen molar-refractivity contribution in [3.8, 4) is 5.75 Å². The van der Waals surface area contributed by atoms with E-state index in [1.807, 2.05) is 48.5 Å². The van der Waals surface area contributed by atoms with Crippen LogP contribution in [0.1, 0.15) is 44.2 Å². The average Bonchev–Trinajstić information content (AvgIpc) is 2.76. The molecular weight excluding hydrogens is 386 g/mol. The highest BCUT2D eigenvalue weighted by atomic mass is 16.5. The molecule has 160 valence electrons. The monoisotopic (exact) mass is 415 g/mol. The quantitative estimate of drug-likeness (QED) is 0.466. The molecular formula is C26H29N3O2. The molecule has 4 rings (SSSR count). The summed E-state index contributed by atoms with van der Waals surface area (Å²) in [6, 6.07) is 20.1. The smallest absolute Gasteiger partial charge is 0.277 e. The van der Waals surface area contributed by atoms with E-state index < -0.39 is 0 Å². The molecule has 1 unspecified atom stereocenters. The molecule has 0 aliphatic carbocycles. The number of nitrogens with zero attached hydrogens (tertiary/aromatic N) is 2. The summed E-state index contributed by atoms with van der Waals surface area (Å²) in [5.41, 5.74) is 6.24. The third kappa shape index (κ3) is 4.41. The van der Waals surface area contributed by atoms with Gasteiger partial charge in [0.05, 0.1) is 6.21 Å². The SMILES string of the molecule is CC1CC(C)(C)N(C)c2ccc(/C=N/NC(=O)COc3cccc4ccccc34)cc21. The van der Waals surface area contributed by atoms with Crippen molar-refractivity contribution in [3.05, 3.63) is 71.8 Å². The number of carbonyl (C=O) groups excluding carboxylic acids is 1. The van der Waals surface area contributed by atoms with Gasteiger partial charge in [-0.25, -0.2) is 5.43 Å². The Kier molecular flexibility index (Phi) is 5.68. The summed E-state index contributed by atoms with van der Waals surface area (Å²) in [7, 11) is 2.15. The van der Waals surface area contributed by atoms with E-state index in [1.54, 1.807) is 6.21 Å². The van der Waals surface area contributed by atoms with Crippen LogP contribution in [0.2, 0.25) is 0 Å². The molecule has 0 saturated heterocycles. The van der Waals surface area contributed by atoms with Crippen molar-refractivity contribution in [3.63, 3.8) is 0 Å². The standard InChI is InChI=1S/C26H29N3O2/c1-18-15-26(2,3)29(4)23-13-12-19(14-22(18)23)16-27-28-25(30)17-31-24-11-7-9-20-8-5-6-10-21(20)24/h5-14,16,18H,15,17H2,1-4H3,(H,28,30)/b27-16+. The van der Waals surface area contributed by atoms with Gasteiger partial charge in [-0.3, -0.25) is 4.79 Å². The molecule has 1 aliphatic heterocycles. The van der Waals surface area contributed by atoms with Crippen LogP contribution in [0, 0.1) is 0 Å². The molecule has 1 N–H and O–H groups in total. The van der Waals surface area contributed by atoms with E-state index in [2.05, 4.69) is 55.4 Å². The summed E-state index contributed by atoms with van der Waals surface area (Å²) < 4.78 is 5.71. The number of hydrazone groups is 1. The minimum Gasteiger partial charge on any atom is -0.483 e. The van der Waals surface area contributed by atoms with E-state index in [1.165, 1.54) is 11.3 Å². The third-order valence-electron chi connectivity index (χ3n) is 6.17. The van der Waals surface area contributed by atoms with Crippen molar-refractivity contribution in [2.45, 2.75) is 38.6 Å². The third-order valence-corrected chi connectivity index (χ3v) is 6.17. The number of benzene rings is 3. The Balaban J connectivity index is 1.38. The maximum atomic E-state index is 12.2. The number of nitrogens with one attached hydrogen (secondary N) is 1. The van der Waals surface area contributed by atoms with Crippen LogP contribution in [-0.4, -0.2) is 31.3 Å². The van der Waals surface area contributed by atoms with Gasteiger partial charge in [0, 0.05) is 23.7 Å². The maximum absolute atomic E-state index is 12.2. The molecule has 1 atom stereocenters. The van der Waals surface area contributed by atoms with Crippen molar-refractivity contribution in [2.75, 3.05) is 18.6 Å². The van der Waals surface area contributed by atoms with E-state index in [4.69, 9.17) is 4.74 Å². The Morgan fingerprint density at radius 1 is 1.19 bits per heavy atom. The van der Waals surface area contributed by atoms with Crippen LogP contribution in [0.4, 0.5) is 5.69 Å². The van der Waals surface area contributed by atoms with Gasteiger partial charge >= 0.3 is 0 Å². The van der Waals surface area contributed by atoms with Gasteiger partial charge < -0.3 is 9.64 Å². The van der Waals surface area contributed by atoms with Crippen LogP contribution >= 0.6 is 0 Å². The fourth-order valence-corrected chi connectivity index (χ4v) is 4.35. The number of ether oxygens (including phenoxy) is 1. The van der Waals surface area contributed by atoms with E-state index in [9.17, 15) is 4.79 Å². The number of rotatable bonds is 5. The number of hydrogen-bond acceptors (Lipinski definition) is 4. The number of hydrogen-bond donors (Lipinski definition) is 1. The van der Waals surface area contributed by atoms with Crippen LogP contribution in [0.3, 0.4) is 0 Å². The summed E-state index contributed by atoms with van der Waals surface area (Å²) in [4.78, 5) is 14.5. The van der Waals surface area contributed by atoms with Crippen molar-refractivity contribution in [1.29, 1.82) is 0 Å². The average molecular weight is 416 g/mol. The predicted molar refractivity (Wildman–Crippen MR) is 127 cm³/mol. The molecule has 0 spiro atoms. The number of fused-ring (bicyclic) bond motifs is 2. The fourth-order valence-electron chi connectivity index (χ4n) is 4.35. The van der Waals surface area contributed by atoms with E-state index in [0.29, 0.717) is 11.7 Å². The van der Waals surface area contributed by atoms with Gasteiger partial charge in [0.15, 0.2) is 6.61 Å². The van der Waals surface area contributed by atoms with Crippen molar-refractivity contribution in [2.24, 2.45) is 5.10 Å². The summed E-state index contributed by atoms with van der Waals surface area (Å²) >= 11 is 0. The molecule has 0 radical (unpaired) electrons. The van der Waals surface area contributed by atoms with Gasteiger partial charge in [0.25, 0.3) is 5.91 Å². The lowest BCUT2D eigenvalue weighted by atomic mass is 9.80. The molecule has 3 aromatic rings. The Morgan fingerprint density at radius 3 is 2.81 bits per heavy atom. The van der Waals surface area contributed by atoms with Crippen molar-refractivity contribution >= 4 is 28.6 Å². The van der Waals surface area contributed by atoms with E-state index in [-0.39, 0.29) is 18.1 Å². The largest absolute Gasteiger partial charge is 0.483 e. The first kappa shape index (κ1) is 20.9. The highest BCUT2D eigenvalue weighted by Crippen LogP contribution is 2.42. The van der Waals surface area contributed by atoms with Gasteiger partial charge in [0.2, 0.25) is 0 Å². The lowest BCUT2D eigenvalue weighted by molar-refractivity contribution is -0.123. The number of amides is 1. The van der Waals surface area contributed by atoms with Crippen LogP contribution in [0.15, 0.2) is 65.8 Å². The minimum absolute atomic E-state index is 0.0908. The zero-order valence-electron chi connectivity index (χ0n) is 18.6. The zero-order valence-corrected chi connectivity index (χ0v) is 18.6. The second-order valence-electron chi connectivity index (χ2n) is 8.85. The molecule has 5 nitrogen and oxygen atoms in total. The van der Waals surface area contributed by atoms with Gasteiger partial charge in [0.1, 0.15) is 5.75 Å². The molecule has 0 fully saturated rings. The molecule has 31 heavy (non-hydrogen) atoms. The fraction of sp³-hybridized carbons (Fsp3) is 0.308. The first-order chi connectivity index (χ1) is 14.8. The summed E-state index contributed by atoms with van der Waals surface area (Å²) in [6.45, 7) is 6.72. The summed E-state index contributed by atoms with van der Waals surface area (Å²) in [6.07, 6.45) is 2.78. The highest BCUT2D eigenvalue weighted by Gasteiger charge is 2.33. The molecule has 3 aromatic carbocycles. The minimum atomic E-state index is -0.294. The Morgan fingerprint density at radius 2 is 1.97 bits per heavy atom. The number of anilines is 1. The zero-order chi connectivity index (χ0) is 22.0. The van der Waals surface area contributed by atoms with Crippen LogP contribution in [-0.2, 0) is 4.79 Å². The molecule has 0 saturated carbocycles. The van der Waals surface area contributed by atoms with Crippen molar-refractivity contribution in [1.82, 2.24) is 5.43 Å². The molecule has 1 heterocycles. The van der Waals surface area contributed by atoms with Gasteiger partial charge in [-0.2, -0.15) is 5.10 Å². The topological polar surface area (TPSA) is 53.9 Å².